The molecule has 1 aromatic rings. The molecule has 0 radical (unpaired) electrons. The summed E-state index contributed by atoms with van der Waals surface area (Å²) in [6.07, 6.45) is 0. The van der Waals surface area contributed by atoms with E-state index in [1.807, 2.05) is 5.32 Å². The molecule has 0 saturated heterocycles. The molecule has 1 N–H and O–H groups in total. The summed E-state index contributed by atoms with van der Waals surface area (Å²) in [5.74, 6) is -9.79. The summed E-state index contributed by atoms with van der Waals surface area (Å²) >= 11 is 0. The molecule has 0 amide bonds. The lowest BCUT2D eigenvalue weighted by Crippen LogP contribution is -2.06. The molecule has 0 aromatic heterocycles. The van der Waals surface area contributed by atoms with Gasteiger partial charge in [0, 0.05) is 7.05 Å². The van der Waals surface area contributed by atoms with Gasteiger partial charge in [-0.25, -0.2) is 22.0 Å². The molecule has 0 aliphatic heterocycles. The van der Waals surface area contributed by atoms with Gasteiger partial charge in [-0.15, -0.1) is 0 Å². The van der Waals surface area contributed by atoms with E-state index in [4.69, 9.17) is 0 Å². The maximum atomic E-state index is 12.6. The van der Waals surface area contributed by atoms with Crippen LogP contribution in [-0.4, -0.2) is 7.05 Å². The van der Waals surface area contributed by atoms with Crippen molar-refractivity contribution in [2.75, 3.05) is 12.4 Å². The number of hydrogen-bond acceptors (Lipinski definition) is 1. The number of anilines is 1. The molecule has 1 rings (SSSR count). The summed E-state index contributed by atoms with van der Waals surface area (Å²) in [6.45, 7) is 0. The van der Waals surface area contributed by atoms with Gasteiger partial charge in [-0.2, -0.15) is 0 Å². The molecule has 0 aliphatic rings. The largest absolute Gasteiger partial charge is 0.383 e. The van der Waals surface area contributed by atoms with E-state index in [1.54, 1.807) is 0 Å². The lowest BCUT2D eigenvalue weighted by atomic mass is 10.2. The van der Waals surface area contributed by atoms with Crippen molar-refractivity contribution in [3.05, 3.63) is 29.1 Å². The minimum Gasteiger partial charge on any atom is -0.383 e. The molecule has 0 saturated carbocycles. The van der Waals surface area contributed by atoms with Crippen LogP contribution < -0.4 is 5.32 Å². The lowest BCUT2D eigenvalue weighted by molar-refractivity contribution is 0.381. The van der Waals surface area contributed by atoms with E-state index >= 15 is 0 Å². The molecule has 0 aliphatic carbocycles. The zero-order valence-electron chi connectivity index (χ0n) is 6.39. The van der Waals surface area contributed by atoms with Crippen molar-refractivity contribution in [1.82, 2.24) is 0 Å². The summed E-state index contributed by atoms with van der Waals surface area (Å²) in [4.78, 5) is 0. The van der Waals surface area contributed by atoms with Gasteiger partial charge in [-0.3, -0.25) is 0 Å². The van der Waals surface area contributed by atoms with E-state index in [2.05, 4.69) is 0 Å². The molecule has 72 valence electrons. The van der Waals surface area contributed by atoms with Gasteiger partial charge in [0.1, 0.15) is 5.69 Å². The molecule has 1 nitrogen and oxygen atoms in total. The van der Waals surface area contributed by atoms with Crippen LogP contribution in [0.2, 0.25) is 0 Å². The Kier molecular flexibility index (Phi) is 2.40. The van der Waals surface area contributed by atoms with Crippen LogP contribution in [0.1, 0.15) is 0 Å². The monoisotopic (exact) mass is 197 g/mol. The Bertz CT molecular complexity index is 320. The van der Waals surface area contributed by atoms with Crippen molar-refractivity contribution in [3.63, 3.8) is 0 Å². The Balaban J connectivity index is 3.56. The van der Waals surface area contributed by atoms with Crippen molar-refractivity contribution < 1.29 is 22.0 Å². The van der Waals surface area contributed by atoms with Gasteiger partial charge in [0.25, 0.3) is 0 Å². The minimum atomic E-state index is -2.16. The second-order valence-electron chi connectivity index (χ2n) is 2.19. The third kappa shape index (κ3) is 1.32. The highest BCUT2D eigenvalue weighted by atomic mass is 19.2. The molecule has 0 unspecified atom stereocenters. The molecule has 6 heteroatoms. The number of nitrogens with one attached hydrogen (secondary N) is 1. The zero-order valence-corrected chi connectivity index (χ0v) is 6.39. The van der Waals surface area contributed by atoms with Crippen molar-refractivity contribution >= 4 is 5.69 Å². The topological polar surface area (TPSA) is 12.0 Å². The van der Waals surface area contributed by atoms with Gasteiger partial charge < -0.3 is 5.32 Å². The van der Waals surface area contributed by atoms with Crippen LogP contribution in [0.3, 0.4) is 0 Å². The third-order valence-corrected chi connectivity index (χ3v) is 1.46. The van der Waals surface area contributed by atoms with Gasteiger partial charge in [0.2, 0.25) is 5.82 Å². The first-order valence-corrected chi connectivity index (χ1v) is 3.19. The van der Waals surface area contributed by atoms with Gasteiger partial charge >= 0.3 is 0 Å². The van der Waals surface area contributed by atoms with Crippen LogP contribution in [0.15, 0.2) is 0 Å². The van der Waals surface area contributed by atoms with Gasteiger partial charge in [-0.05, 0) is 0 Å². The number of rotatable bonds is 1. The highest BCUT2D eigenvalue weighted by Gasteiger charge is 2.24. The molecule has 0 bridgehead atoms. The average molecular weight is 197 g/mol. The first kappa shape index (κ1) is 9.76. The molecule has 13 heavy (non-hydrogen) atoms. The molecule has 0 heterocycles. The Labute approximate surface area is 70.2 Å². The van der Waals surface area contributed by atoms with Crippen LogP contribution in [0.5, 0.6) is 0 Å². The summed E-state index contributed by atoms with van der Waals surface area (Å²) in [7, 11) is 1.05. The normalized spacial score (nSPS) is 10.3. The van der Waals surface area contributed by atoms with Crippen LogP contribution >= 0.6 is 0 Å². The van der Waals surface area contributed by atoms with Gasteiger partial charge in [0.15, 0.2) is 23.3 Å². The predicted octanol–water partition coefficient (Wildman–Crippen LogP) is 2.42. The third-order valence-electron chi connectivity index (χ3n) is 1.46. The molecule has 1 aromatic carbocycles. The minimum absolute atomic E-state index is 1.03. The van der Waals surface area contributed by atoms with E-state index in [0.29, 0.717) is 0 Å². The molecule has 0 fully saturated rings. The second-order valence-corrected chi connectivity index (χ2v) is 2.19. The number of benzene rings is 1. The van der Waals surface area contributed by atoms with Crippen molar-refractivity contribution in [2.45, 2.75) is 0 Å². The standard InChI is InChI=1S/C7H4F5N/c1-13-7-5(11)3(9)2(8)4(10)6(7)12/h13H,1H3. The number of hydrogen-bond donors (Lipinski definition) is 1. The summed E-state index contributed by atoms with van der Waals surface area (Å²) in [6, 6.07) is 0. The molecule has 0 atom stereocenters. The second kappa shape index (κ2) is 3.20. The summed E-state index contributed by atoms with van der Waals surface area (Å²) in [5.41, 5.74) is -1.03. The van der Waals surface area contributed by atoms with Crippen molar-refractivity contribution in [2.24, 2.45) is 0 Å². The molecule has 0 spiro atoms. The first-order chi connectivity index (χ1) is 6.00. The van der Waals surface area contributed by atoms with E-state index in [9.17, 15) is 22.0 Å². The fraction of sp³-hybridized carbons (Fsp3) is 0.143. The highest BCUT2D eigenvalue weighted by molar-refractivity contribution is 5.46. The molecular weight excluding hydrogens is 193 g/mol. The zero-order chi connectivity index (χ0) is 10.2. The Morgan fingerprint density at radius 3 is 1.31 bits per heavy atom. The van der Waals surface area contributed by atoms with E-state index in [-0.39, 0.29) is 0 Å². The van der Waals surface area contributed by atoms with Crippen LogP contribution in [0, 0.1) is 29.1 Å². The van der Waals surface area contributed by atoms with Crippen LogP contribution in [-0.2, 0) is 0 Å². The van der Waals surface area contributed by atoms with Crippen molar-refractivity contribution in [3.8, 4) is 0 Å². The fourth-order valence-corrected chi connectivity index (χ4v) is 0.824. The average Bonchev–Trinajstić information content (AvgIpc) is 2.13. The Morgan fingerprint density at radius 2 is 1.00 bits per heavy atom. The summed E-state index contributed by atoms with van der Waals surface area (Å²) in [5, 5.41) is 1.88. The van der Waals surface area contributed by atoms with Gasteiger partial charge in [0.05, 0.1) is 0 Å². The van der Waals surface area contributed by atoms with E-state index in [1.165, 1.54) is 0 Å². The van der Waals surface area contributed by atoms with E-state index < -0.39 is 34.8 Å². The van der Waals surface area contributed by atoms with Gasteiger partial charge in [-0.1, -0.05) is 0 Å². The van der Waals surface area contributed by atoms with Crippen molar-refractivity contribution in [1.29, 1.82) is 0 Å². The fourth-order valence-electron chi connectivity index (χ4n) is 0.824. The SMILES string of the molecule is CNc1c(F)c(F)c(F)c(F)c1F. The Morgan fingerprint density at radius 1 is 0.692 bits per heavy atom. The predicted molar refractivity (Wildman–Crippen MR) is 35.8 cm³/mol. The summed E-state index contributed by atoms with van der Waals surface area (Å²) < 4.78 is 62.4. The Hall–Kier alpha value is -1.33. The van der Waals surface area contributed by atoms with E-state index in [0.717, 1.165) is 7.05 Å². The maximum absolute atomic E-state index is 12.6. The van der Waals surface area contributed by atoms with Crippen LogP contribution in [0.25, 0.3) is 0 Å². The quantitative estimate of drug-likeness (QED) is 0.414. The smallest absolute Gasteiger partial charge is 0.200 e. The highest BCUT2D eigenvalue weighted by Crippen LogP contribution is 2.26. The molecular formula is C7H4F5N. The lowest BCUT2D eigenvalue weighted by Gasteiger charge is -2.06. The van der Waals surface area contributed by atoms with Crippen LogP contribution in [0.4, 0.5) is 27.6 Å². The first-order valence-electron chi connectivity index (χ1n) is 3.19. The maximum Gasteiger partial charge on any atom is 0.200 e. The number of halogens is 5.